The zero-order valence-electron chi connectivity index (χ0n) is 14.5. The van der Waals surface area contributed by atoms with E-state index in [1.807, 2.05) is 0 Å². The molecule has 28 heavy (non-hydrogen) atoms. The fraction of sp³-hybridized carbons (Fsp3) is 0.333. The summed E-state index contributed by atoms with van der Waals surface area (Å²) < 4.78 is 64.8. The molecule has 0 aliphatic carbocycles. The van der Waals surface area contributed by atoms with E-state index in [1.54, 1.807) is 0 Å². The van der Waals surface area contributed by atoms with Crippen molar-refractivity contribution in [1.82, 2.24) is 24.7 Å². The number of aryl methyl sites for hydroxylation is 1. The molecule has 2 N–H and O–H groups in total. The minimum Gasteiger partial charge on any atom is -0.364 e. The van der Waals surface area contributed by atoms with E-state index in [0.717, 1.165) is 12.3 Å². The fourth-order valence-electron chi connectivity index (χ4n) is 2.50. The molecule has 0 saturated carbocycles. The second-order valence-electron chi connectivity index (χ2n) is 5.82. The standard InChI is InChI=1S/C15H14F3N5O4S/c1-3-28(26,27)9-4-7(14(24)25)6-19-11(9)13-20-8-5-10(15(16,17)18)21-22-12(8)23(13)2/h4-6,14,24-25H,3H2,1-2H3. The molecule has 0 unspecified atom stereocenters. The topological polar surface area (TPSA) is 131 Å². The summed E-state index contributed by atoms with van der Waals surface area (Å²) >= 11 is 0. The number of pyridine rings is 1. The van der Waals surface area contributed by atoms with Crippen LogP contribution in [0.15, 0.2) is 23.2 Å². The Labute approximate surface area is 156 Å². The Kier molecular flexibility index (Phi) is 4.85. The minimum absolute atomic E-state index is 0.00378. The van der Waals surface area contributed by atoms with Crippen LogP contribution in [0.4, 0.5) is 13.2 Å². The Morgan fingerprint density at radius 1 is 1.21 bits per heavy atom. The van der Waals surface area contributed by atoms with E-state index in [0.29, 0.717) is 6.07 Å². The number of hydrogen-bond acceptors (Lipinski definition) is 8. The normalized spacial score (nSPS) is 12.9. The van der Waals surface area contributed by atoms with Gasteiger partial charge in [-0.2, -0.15) is 13.2 Å². The summed E-state index contributed by atoms with van der Waals surface area (Å²) in [5.74, 6) is -0.371. The summed E-state index contributed by atoms with van der Waals surface area (Å²) in [5.41, 5.74) is -1.70. The first kappa shape index (κ1) is 20.1. The molecule has 0 fully saturated rings. The predicted molar refractivity (Wildman–Crippen MR) is 89.4 cm³/mol. The third kappa shape index (κ3) is 3.43. The molecule has 0 aromatic carbocycles. The van der Waals surface area contributed by atoms with Crippen molar-refractivity contribution in [2.75, 3.05) is 5.75 Å². The van der Waals surface area contributed by atoms with E-state index in [4.69, 9.17) is 0 Å². The maximum Gasteiger partial charge on any atom is 0.435 e. The van der Waals surface area contributed by atoms with Gasteiger partial charge >= 0.3 is 6.18 Å². The molecule has 3 heterocycles. The summed E-state index contributed by atoms with van der Waals surface area (Å²) in [4.78, 5) is 7.68. The summed E-state index contributed by atoms with van der Waals surface area (Å²) in [6, 6.07) is 1.74. The quantitative estimate of drug-likeness (QED) is 0.606. The number of rotatable bonds is 4. The van der Waals surface area contributed by atoms with Gasteiger partial charge < -0.3 is 14.8 Å². The number of aliphatic hydroxyl groups is 2. The lowest BCUT2D eigenvalue weighted by atomic mass is 10.2. The molecule has 0 radical (unpaired) electrons. The number of sulfone groups is 1. The van der Waals surface area contributed by atoms with Gasteiger partial charge in [-0.1, -0.05) is 6.92 Å². The average molecular weight is 417 g/mol. The summed E-state index contributed by atoms with van der Waals surface area (Å²) in [7, 11) is -2.45. The van der Waals surface area contributed by atoms with Crippen molar-refractivity contribution in [2.24, 2.45) is 7.05 Å². The van der Waals surface area contributed by atoms with Crippen molar-refractivity contribution in [3.63, 3.8) is 0 Å². The third-order valence-electron chi connectivity index (χ3n) is 4.01. The Morgan fingerprint density at radius 3 is 2.46 bits per heavy atom. The van der Waals surface area contributed by atoms with Gasteiger partial charge in [-0.3, -0.25) is 4.98 Å². The zero-order chi connectivity index (χ0) is 20.9. The van der Waals surface area contributed by atoms with Gasteiger partial charge in [-0.25, -0.2) is 13.4 Å². The lowest BCUT2D eigenvalue weighted by molar-refractivity contribution is -0.141. The second-order valence-corrected chi connectivity index (χ2v) is 8.07. The van der Waals surface area contributed by atoms with Crippen LogP contribution in [-0.4, -0.2) is 49.1 Å². The van der Waals surface area contributed by atoms with Crippen molar-refractivity contribution in [1.29, 1.82) is 0 Å². The first-order valence-electron chi connectivity index (χ1n) is 7.82. The monoisotopic (exact) mass is 417 g/mol. The second kappa shape index (κ2) is 6.76. The van der Waals surface area contributed by atoms with Crippen LogP contribution in [0.1, 0.15) is 24.5 Å². The van der Waals surface area contributed by atoms with Crippen LogP contribution in [-0.2, 0) is 23.1 Å². The maximum atomic E-state index is 12.9. The average Bonchev–Trinajstić information content (AvgIpc) is 2.96. The molecule has 3 rings (SSSR count). The number of aromatic nitrogens is 5. The van der Waals surface area contributed by atoms with Crippen molar-refractivity contribution in [3.05, 3.63) is 29.6 Å². The van der Waals surface area contributed by atoms with Gasteiger partial charge in [0.2, 0.25) is 0 Å². The number of alkyl halides is 3. The Hall–Kier alpha value is -2.64. The summed E-state index contributed by atoms with van der Waals surface area (Å²) in [6.45, 7) is 1.39. The van der Waals surface area contributed by atoms with Crippen molar-refractivity contribution < 1.29 is 31.8 Å². The number of halogens is 3. The third-order valence-corrected chi connectivity index (χ3v) is 5.75. The summed E-state index contributed by atoms with van der Waals surface area (Å²) in [5, 5.41) is 25.3. The maximum absolute atomic E-state index is 12.9. The van der Waals surface area contributed by atoms with E-state index in [2.05, 4.69) is 20.2 Å². The Morgan fingerprint density at radius 2 is 1.89 bits per heavy atom. The highest BCUT2D eigenvalue weighted by atomic mass is 32.2. The number of aliphatic hydroxyl groups excluding tert-OH is 1. The molecule has 0 bridgehead atoms. The van der Waals surface area contributed by atoms with Crippen LogP contribution in [0.2, 0.25) is 0 Å². The van der Waals surface area contributed by atoms with Crippen LogP contribution in [0.5, 0.6) is 0 Å². The molecule has 13 heteroatoms. The molecule has 0 spiro atoms. The molecule has 3 aromatic heterocycles. The SMILES string of the molecule is CCS(=O)(=O)c1cc(C(O)O)cnc1-c1nc2cc(C(F)(F)F)nnc2n1C. The molecule has 150 valence electrons. The highest BCUT2D eigenvalue weighted by Gasteiger charge is 2.34. The van der Waals surface area contributed by atoms with Crippen LogP contribution in [0, 0.1) is 0 Å². The lowest BCUT2D eigenvalue weighted by Crippen LogP contribution is -2.11. The molecule has 0 aliphatic heterocycles. The number of hydrogen-bond donors (Lipinski definition) is 2. The van der Waals surface area contributed by atoms with Crippen LogP contribution in [0.3, 0.4) is 0 Å². The molecular weight excluding hydrogens is 403 g/mol. The lowest BCUT2D eigenvalue weighted by Gasteiger charge is -2.11. The highest BCUT2D eigenvalue weighted by molar-refractivity contribution is 7.91. The predicted octanol–water partition coefficient (Wildman–Crippen LogP) is 1.22. The number of imidazole rings is 1. The first-order chi connectivity index (χ1) is 13.0. The van der Waals surface area contributed by atoms with Crippen LogP contribution in [0.25, 0.3) is 22.7 Å². The molecular formula is C15H14F3N5O4S. The highest BCUT2D eigenvalue weighted by Crippen LogP contribution is 2.32. The molecule has 0 saturated heterocycles. The number of fused-ring (bicyclic) bond motifs is 1. The molecule has 0 atom stereocenters. The molecule has 0 aliphatic rings. The van der Waals surface area contributed by atoms with Crippen LogP contribution < -0.4 is 0 Å². The minimum atomic E-state index is -4.72. The van der Waals surface area contributed by atoms with E-state index in [-0.39, 0.29) is 38.9 Å². The van der Waals surface area contributed by atoms with Gasteiger partial charge in [-0.15, -0.1) is 10.2 Å². The van der Waals surface area contributed by atoms with E-state index >= 15 is 0 Å². The molecule has 0 amide bonds. The van der Waals surface area contributed by atoms with E-state index in [1.165, 1.54) is 18.5 Å². The van der Waals surface area contributed by atoms with Gasteiger partial charge in [0.25, 0.3) is 0 Å². The largest absolute Gasteiger partial charge is 0.435 e. The van der Waals surface area contributed by atoms with E-state index < -0.39 is 28.0 Å². The zero-order valence-corrected chi connectivity index (χ0v) is 15.3. The fourth-order valence-corrected chi connectivity index (χ4v) is 3.56. The molecule has 9 nitrogen and oxygen atoms in total. The smallest absolute Gasteiger partial charge is 0.364 e. The van der Waals surface area contributed by atoms with Crippen molar-refractivity contribution in [2.45, 2.75) is 24.3 Å². The van der Waals surface area contributed by atoms with Gasteiger partial charge in [0.05, 0.1) is 10.6 Å². The Bertz CT molecular complexity index is 1160. The summed E-state index contributed by atoms with van der Waals surface area (Å²) in [6.07, 6.45) is -5.62. The van der Waals surface area contributed by atoms with Gasteiger partial charge in [-0.05, 0) is 6.07 Å². The Balaban J connectivity index is 2.29. The molecule has 3 aromatic rings. The first-order valence-corrected chi connectivity index (χ1v) is 9.47. The van der Waals surface area contributed by atoms with Gasteiger partial charge in [0, 0.05) is 24.9 Å². The van der Waals surface area contributed by atoms with Crippen LogP contribution >= 0.6 is 0 Å². The number of nitrogens with zero attached hydrogens (tertiary/aromatic N) is 5. The van der Waals surface area contributed by atoms with Gasteiger partial charge in [0.1, 0.15) is 11.2 Å². The van der Waals surface area contributed by atoms with Crippen molar-refractivity contribution >= 4 is 21.0 Å². The van der Waals surface area contributed by atoms with Gasteiger partial charge in [0.15, 0.2) is 33.3 Å². The van der Waals surface area contributed by atoms with E-state index in [9.17, 15) is 31.8 Å². The van der Waals surface area contributed by atoms with Crippen molar-refractivity contribution in [3.8, 4) is 11.5 Å².